The summed E-state index contributed by atoms with van der Waals surface area (Å²) in [6.07, 6.45) is 3.04. The van der Waals surface area contributed by atoms with Crippen LogP contribution < -0.4 is 4.74 Å². The average Bonchev–Trinajstić information content (AvgIpc) is 3.17. The summed E-state index contributed by atoms with van der Waals surface area (Å²) in [6.45, 7) is 3.79. The molecule has 2 fully saturated rings. The molecule has 4 rings (SSSR count). The maximum absolute atomic E-state index is 13.9. The molecule has 132 valence electrons. The molecule has 3 heterocycles. The highest BCUT2D eigenvalue weighted by molar-refractivity contribution is 9.10. The Morgan fingerprint density at radius 2 is 1.92 bits per heavy atom. The molecule has 6 heteroatoms. The second-order valence-electron chi connectivity index (χ2n) is 6.84. The largest absolute Gasteiger partial charge is 0.494 e. The van der Waals surface area contributed by atoms with E-state index in [0.717, 1.165) is 41.9 Å². The van der Waals surface area contributed by atoms with E-state index >= 15 is 0 Å². The van der Waals surface area contributed by atoms with Crippen molar-refractivity contribution in [2.45, 2.75) is 31.6 Å². The summed E-state index contributed by atoms with van der Waals surface area (Å²) in [5.74, 6) is 0.0205. The van der Waals surface area contributed by atoms with E-state index in [9.17, 15) is 4.39 Å². The maximum atomic E-state index is 13.9. The van der Waals surface area contributed by atoms with Crippen LogP contribution in [0.2, 0.25) is 0 Å². The summed E-state index contributed by atoms with van der Waals surface area (Å²) in [6, 6.07) is 10.5. The molecule has 2 unspecified atom stereocenters. The van der Waals surface area contributed by atoms with Crippen molar-refractivity contribution in [2.75, 3.05) is 20.2 Å². The number of aromatic nitrogens is 1. The van der Waals surface area contributed by atoms with E-state index in [4.69, 9.17) is 4.74 Å². The number of fused-ring (bicyclic) bond motifs is 2. The lowest BCUT2D eigenvalue weighted by Crippen LogP contribution is -2.45. The van der Waals surface area contributed by atoms with Gasteiger partial charge >= 0.3 is 0 Å². The highest BCUT2D eigenvalue weighted by Crippen LogP contribution is 2.33. The smallest absolute Gasteiger partial charge is 0.165 e. The fourth-order valence-electron chi connectivity index (χ4n) is 3.97. The van der Waals surface area contributed by atoms with Gasteiger partial charge < -0.3 is 4.74 Å². The van der Waals surface area contributed by atoms with E-state index in [1.54, 1.807) is 12.1 Å². The van der Waals surface area contributed by atoms with Gasteiger partial charge in [0.05, 0.1) is 12.8 Å². The number of benzene rings is 1. The molecule has 25 heavy (non-hydrogen) atoms. The number of hydrogen-bond donors (Lipinski definition) is 0. The van der Waals surface area contributed by atoms with E-state index in [1.165, 1.54) is 13.5 Å². The van der Waals surface area contributed by atoms with E-state index in [2.05, 4.69) is 36.8 Å². The summed E-state index contributed by atoms with van der Waals surface area (Å²) in [5, 5.41) is 0. The molecule has 2 atom stereocenters. The molecule has 2 aliphatic heterocycles. The first-order valence-corrected chi connectivity index (χ1v) is 9.32. The third kappa shape index (κ3) is 3.57. The lowest BCUT2D eigenvalue weighted by Gasteiger charge is -2.34. The van der Waals surface area contributed by atoms with Gasteiger partial charge in [-0.1, -0.05) is 6.07 Å². The molecular weight excluding hydrogens is 385 g/mol. The molecule has 1 aromatic carbocycles. The molecule has 4 nitrogen and oxygen atoms in total. The van der Waals surface area contributed by atoms with Gasteiger partial charge in [-0.3, -0.25) is 14.8 Å². The Morgan fingerprint density at radius 1 is 1.16 bits per heavy atom. The highest BCUT2D eigenvalue weighted by Gasteiger charge is 2.42. The zero-order chi connectivity index (χ0) is 17.4. The van der Waals surface area contributed by atoms with Crippen molar-refractivity contribution in [1.82, 2.24) is 14.8 Å². The van der Waals surface area contributed by atoms with Crippen molar-refractivity contribution in [1.29, 1.82) is 0 Å². The molecular formula is C19H21BrFN3O. The van der Waals surface area contributed by atoms with Crippen LogP contribution in [0.3, 0.4) is 0 Å². The second kappa shape index (κ2) is 7.02. The average molecular weight is 406 g/mol. The molecule has 1 aromatic heterocycles. The molecule has 0 aliphatic carbocycles. The second-order valence-corrected chi connectivity index (χ2v) is 7.75. The minimum absolute atomic E-state index is 0.285. The number of ether oxygens (including phenoxy) is 1. The molecule has 0 spiro atoms. The van der Waals surface area contributed by atoms with Crippen LogP contribution >= 0.6 is 15.9 Å². The van der Waals surface area contributed by atoms with Crippen molar-refractivity contribution in [2.24, 2.45) is 0 Å². The van der Waals surface area contributed by atoms with Gasteiger partial charge in [0.1, 0.15) is 0 Å². The third-order valence-electron chi connectivity index (χ3n) is 5.22. The Bertz CT molecular complexity index is 755. The molecule has 2 bridgehead atoms. The van der Waals surface area contributed by atoms with Crippen LogP contribution in [0, 0.1) is 5.82 Å². The molecule has 0 radical (unpaired) electrons. The van der Waals surface area contributed by atoms with Gasteiger partial charge in [0.2, 0.25) is 0 Å². The Kier molecular flexibility index (Phi) is 4.75. The number of nitrogens with zero attached hydrogens (tertiary/aromatic N) is 3. The molecule has 0 amide bonds. The van der Waals surface area contributed by atoms with E-state index < -0.39 is 0 Å². The summed E-state index contributed by atoms with van der Waals surface area (Å²) in [4.78, 5) is 9.47. The van der Waals surface area contributed by atoms with Gasteiger partial charge in [-0.05, 0) is 52.2 Å². The minimum atomic E-state index is -0.285. The van der Waals surface area contributed by atoms with Crippen LogP contribution in [0.5, 0.6) is 5.75 Å². The number of hydrogen-bond acceptors (Lipinski definition) is 4. The molecule has 0 N–H and O–H groups in total. The van der Waals surface area contributed by atoms with Gasteiger partial charge in [0, 0.05) is 48.9 Å². The summed E-state index contributed by atoms with van der Waals surface area (Å²) >= 11 is 3.43. The molecule has 0 saturated carbocycles. The van der Waals surface area contributed by atoms with Crippen LogP contribution in [0.4, 0.5) is 4.39 Å². The summed E-state index contributed by atoms with van der Waals surface area (Å²) < 4.78 is 19.9. The lowest BCUT2D eigenvalue weighted by atomic mass is 10.1. The van der Waals surface area contributed by atoms with Crippen molar-refractivity contribution < 1.29 is 9.13 Å². The Hall–Kier alpha value is -1.50. The predicted octanol–water partition coefficient (Wildman–Crippen LogP) is 3.45. The van der Waals surface area contributed by atoms with Gasteiger partial charge in [0.25, 0.3) is 0 Å². The first kappa shape index (κ1) is 16.9. The first-order valence-electron chi connectivity index (χ1n) is 8.53. The van der Waals surface area contributed by atoms with Crippen LogP contribution in [-0.2, 0) is 13.1 Å². The van der Waals surface area contributed by atoms with E-state index in [-0.39, 0.29) is 5.82 Å². The number of piperazine rings is 1. The normalized spacial score (nSPS) is 23.3. The van der Waals surface area contributed by atoms with Crippen LogP contribution in [0.1, 0.15) is 17.7 Å². The van der Waals surface area contributed by atoms with Crippen molar-refractivity contribution in [3.63, 3.8) is 0 Å². The fraction of sp³-hybridized carbons (Fsp3) is 0.421. The van der Waals surface area contributed by atoms with Crippen LogP contribution in [-0.4, -0.2) is 47.1 Å². The Morgan fingerprint density at radius 3 is 2.52 bits per heavy atom. The lowest BCUT2D eigenvalue weighted by molar-refractivity contribution is 0.117. The van der Waals surface area contributed by atoms with Crippen molar-refractivity contribution in [3.05, 3.63) is 58.1 Å². The molecule has 2 aromatic rings. The Labute approximate surface area is 155 Å². The third-order valence-corrected chi connectivity index (χ3v) is 5.69. The fourth-order valence-corrected chi connectivity index (χ4v) is 4.20. The van der Waals surface area contributed by atoms with Crippen LogP contribution in [0.15, 0.2) is 41.0 Å². The number of halogens is 2. The van der Waals surface area contributed by atoms with E-state index in [0.29, 0.717) is 17.8 Å². The number of pyridine rings is 1. The molecule has 2 saturated heterocycles. The van der Waals surface area contributed by atoms with E-state index in [1.807, 2.05) is 18.3 Å². The quantitative estimate of drug-likeness (QED) is 0.761. The monoisotopic (exact) mass is 405 g/mol. The topological polar surface area (TPSA) is 28.6 Å². The summed E-state index contributed by atoms with van der Waals surface area (Å²) in [7, 11) is 1.49. The van der Waals surface area contributed by atoms with Crippen molar-refractivity contribution in [3.8, 4) is 5.75 Å². The maximum Gasteiger partial charge on any atom is 0.165 e. The van der Waals surface area contributed by atoms with Gasteiger partial charge in [-0.2, -0.15) is 0 Å². The standard InChI is InChI=1S/C19H21BrFN3O/c1-25-19-5-2-13(6-18(19)21)9-23-11-17-7-16(23)12-24(17)10-15-4-3-14(20)8-22-15/h2-6,8,16-17H,7,9-12H2,1H3. The molecule has 2 aliphatic rings. The van der Waals surface area contributed by atoms with Gasteiger partial charge in [0.15, 0.2) is 11.6 Å². The number of rotatable bonds is 5. The first-order chi connectivity index (χ1) is 12.1. The predicted molar refractivity (Wildman–Crippen MR) is 97.9 cm³/mol. The van der Waals surface area contributed by atoms with Crippen LogP contribution in [0.25, 0.3) is 0 Å². The zero-order valence-corrected chi connectivity index (χ0v) is 15.7. The number of methoxy groups -OCH3 is 1. The highest BCUT2D eigenvalue weighted by atomic mass is 79.9. The zero-order valence-electron chi connectivity index (χ0n) is 14.2. The SMILES string of the molecule is COc1ccc(CN2CC3CC2CN3Cc2ccc(Br)cn2)cc1F. The van der Waals surface area contributed by atoms with Gasteiger partial charge in [-0.15, -0.1) is 0 Å². The summed E-state index contributed by atoms with van der Waals surface area (Å²) in [5.41, 5.74) is 2.12. The van der Waals surface area contributed by atoms with Gasteiger partial charge in [-0.25, -0.2) is 4.39 Å². The number of likely N-dealkylation sites (tertiary alicyclic amines) is 2. The minimum Gasteiger partial charge on any atom is -0.494 e. The van der Waals surface area contributed by atoms with Crippen molar-refractivity contribution >= 4 is 15.9 Å². The Balaban J connectivity index is 1.36.